The number of alkyl halides is 3. The molecule has 2 aliphatic heterocycles. The Hall–Kier alpha value is -1.85. The smallest absolute Gasteiger partial charge is 0.319 e. The number of amides is 1. The van der Waals surface area contributed by atoms with Crippen molar-refractivity contribution < 1.29 is 26.4 Å². The summed E-state index contributed by atoms with van der Waals surface area (Å²) < 4.78 is 67.7. The van der Waals surface area contributed by atoms with Gasteiger partial charge in [0.2, 0.25) is 15.9 Å². The van der Waals surface area contributed by atoms with Crippen LogP contribution in [0.15, 0.2) is 47.4 Å². The van der Waals surface area contributed by atoms with Gasteiger partial charge in [-0.05, 0) is 54.7 Å². The molecule has 1 N–H and O–H groups in total. The van der Waals surface area contributed by atoms with Crippen LogP contribution in [0.4, 0.5) is 13.2 Å². The van der Waals surface area contributed by atoms with Crippen LogP contribution in [0, 0.1) is 5.92 Å². The second-order valence-corrected chi connectivity index (χ2v) is 12.4. The molecule has 0 unspecified atom stereocenters. The molecule has 2 aromatic rings. The van der Waals surface area contributed by atoms with E-state index >= 15 is 0 Å². The van der Waals surface area contributed by atoms with Gasteiger partial charge in [-0.1, -0.05) is 55.6 Å². The van der Waals surface area contributed by atoms with Crippen LogP contribution in [0.2, 0.25) is 10.0 Å². The van der Waals surface area contributed by atoms with E-state index in [-0.39, 0.29) is 59.2 Å². The third-order valence-corrected chi connectivity index (χ3v) is 9.99. The summed E-state index contributed by atoms with van der Waals surface area (Å²) in [6.45, 7) is 4.14. The number of carbonyl (C=O) groups is 1. The van der Waals surface area contributed by atoms with E-state index in [0.717, 1.165) is 18.6 Å². The highest BCUT2D eigenvalue weighted by Crippen LogP contribution is 2.38. The minimum atomic E-state index is -4.50. The summed E-state index contributed by atoms with van der Waals surface area (Å²) in [5, 5.41) is 3.82. The molecule has 0 aromatic heterocycles. The Balaban J connectivity index is 1.60. The van der Waals surface area contributed by atoms with Crippen molar-refractivity contribution in [1.82, 2.24) is 14.5 Å². The number of hydrogen-bond acceptors (Lipinski definition) is 4. The van der Waals surface area contributed by atoms with Crippen LogP contribution in [0.5, 0.6) is 0 Å². The summed E-state index contributed by atoms with van der Waals surface area (Å²) in [7, 11) is -3.86. The van der Waals surface area contributed by atoms with Crippen molar-refractivity contribution >= 4 is 39.1 Å². The topological polar surface area (TPSA) is 69.7 Å². The van der Waals surface area contributed by atoms with Gasteiger partial charge < -0.3 is 4.90 Å². The number of benzene rings is 2. The van der Waals surface area contributed by atoms with Crippen LogP contribution in [0.25, 0.3) is 0 Å². The Morgan fingerprint density at radius 3 is 2.38 bits per heavy atom. The lowest BCUT2D eigenvalue weighted by molar-refractivity contribution is -0.137. The van der Waals surface area contributed by atoms with Gasteiger partial charge in [0.1, 0.15) is 0 Å². The average molecular weight is 578 g/mol. The van der Waals surface area contributed by atoms with E-state index in [2.05, 4.69) is 5.32 Å². The van der Waals surface area contributed by atoms with E-state index in [4.69, 9.17) is 23.2 Å². The lowest BCUT2D eigenvalue weighted by Crippen LogP contribution is -2.59. The lowest BCUT2D eigenvalue weighted by atomic mass is 9.96. The minimum absolute atomic E-state index is 0.00569. The van der Waals surface area contributed by atoms with Gasteiger partial charge in [-0.2, -0.15) is 17.5 Å². The molecule has 6 nitrogen and oxygen atoms in total. The second-order valence-electron chi connectivity index (χ2n) is 9.64. The number of hydrogen-bond donors (Lipinski definition) is 1. The number of halogens is 5. The van der Waals surface area contributed by atoms with Crippen LogP contribution in [0.1, 0.15) is 44.2 Å². The predicted molar refractivity (Wildman–Crippen MR) is 136 cm³/mol. The molecule has 2 saturated heterocycles. The maximum atomic E-state index is 13.5. The second kappa shape index (κ2) is 10.4. The fraction of sp³-hybridized carbons (Fsp3) is 0.480. The molecule has 0 saturated carbocycles. The first-order chi connectivity index (χ1) is 17.3. The highest BCUT2D eigenvalue weighted by molar-refractivity contribution is 7.89. The molecule has 1 spiro atoms. The summed E-state index contributed by atoms with van der Waals surface area (Å²) in [5.41, 5.74) is -1.29. The Morgan fingerprint density at radius 1 is 1.11 bits per heavy atom. The van der Waals surface area contributed by atoms with Crippen molar-refractivity contribution in [1.29, 1.82) is 0 Å². The fourth-order valence-corrected chi connectivity index (χ4v) is 6.82. The number of nitrogens with zero attached hydrogens (tertiary/aromatic N) is 2. The number of rotatable bonds is 6. The lowest BCUT2D eigenvalue weighted by Gasteiger charge is -2.44. The molecule has 4 rings (SSSR count). The van der Waals surface area contributed by atoms with Gasteiger partial charge in [-0.25, -0.2) is 8.42 Å². The Kier molecular flexibility index (Phi) is 7.90. The highest BCUT2D eigenvalue weighted by Gasteiger charge is 2.53. The number of nitrogens with one attached hydrogen (secondary N) is 1. The van der Waals surface area contributed by atoms with Crippen molar-refractivity contribution in [2.75, 3.05) is 13.1 Å². The molecule has 2 aromatic carbocycles. The molecule has 0 aliphatic carbocycles. The standard InChI is InChI=1S/C25H28Cl2F3N3O3S/c1-3-16(2)22-23(34)33(15-17-5-4-6-18(13-17)25(28,29)30)24(31-22)9-11-32(12-10-24)37(35,36)19-7-8-20(26)21(27)14-19/h4-8,13-14,16,22,31H,3,9-12,15H2,1-2H3/t16-,22-/m0/s1. The van der Waals surface area contributed by atoms with Crippen molar-refractivity contribution in [3.05, 3.63) is 63.6 Å². The van der Waals surface area contributed by atoms with Crippen LogP contribution in [-0.2, 0) is 27.5 Å². The van der Waals surface area contributed by atoms with E-state index < -0.39 is 33.5 Å². The zero-order chi connectivity index (χ0) is 27.2. The maximum absolute atomic E-state index is 13.5. The van der Waals surface area contributed by atoms with E-state index in [1.807, 2.05) is 13.8 Å². The monoisotopic (exact) mass is 577 g/mol. The summed E-state index contributed by atoms with van der Waals surface area (Å²) >= 11 is 12.0. The third-order valence-electron chi connectivity index (χ3n) is 7.36. The molecule has 0 radical (unpaired) electrons. The van der Waals surface area contributed by atoms with Gasteiger partial charge in [-0.3, -0.25) is 10.1 Å². The van der Waals surface area contributed by atoms with E-state index in [0.29, 0.717) is 5.56 Å². The minimum Gasteiger partial charge on any atom is -0.319 e. The van der Waals surface area contributed by atoms with Gasteiger partial charge in [0, 0.05) is 19.6 Å². The normalized spacial score (nSPS) is 21.5. The van der Waals surface area contributed by atoms with Crippen LogP contribution < -0.4 is 5.32 Å². The van der Waals surface area contributed by atoms with Crippen molar-refractivity contribution in [3.8, 4) is 0 Å². The Labute approximate surface area is 224 Å². The van der Waals surface area contributed by atoms with Crippen molar-refractivity contribution in [2.45, 2.75) is 62.4 Å². The van der Waals surface area contributed by atoms with Crippen LogP contribution >= 0.6 is 23.2 Å². The predicted octanol–water partition coefficient (Wildman–Crippen LogP) is 5.54. The molecule has 0 bridgehead atoms. The SMILES string of the molecule is CC[C@H](C)[C@@H]1NC2(CCN(S(=O)(=O)c3ccc(Cl)c(Cl)c3)CC2)N(Cc2cccc(C(F)(F)F)c2)C1=O. The summed E-state index contributed by atoms with van der Waals surface area (Å²) in [5.74, 6) is -0.193. The third kappa shape index (κ3) is 5.49. The van der Waals surface area contributed by atoms with Gasteiger partial charge >= 0.3 is 6.18 Å². The summed E-state index contributed by atoms with van der Waals surface area (Å²) in [4.78, 5) is 15.1. The number of piperidine rings is 1. The maximum Gasteiger partial charge on any atom is 0.416 e. The first-order valence-corrected chi connectivity index (χ1v) is 14.2. The molecular weight excluding hydrogens is 550 g/mol. The fourth-order valence-electron chi connectivity index (χ4n) is 4.98. The Bertz CT molecular complexity index is 1280. The van der Waals surface area contributed by atoms with Gasteiger partial charge in [0.15, 0.2) is 0 Å². The van der Waals surface area contributed by atoms with Gasteiger partial charge in [-0.15, -0.1) is 0 Å². The molecule has 2 atom stereocenters. The van der Waals surface area contributed by atoms with Crippen molar-refractivity contribution in [3.63, 3.8) is 0 Å². The average Bonchev–Trinajstić information content (AvgIpc) is 3.11. The van der Waals surface area contributed by atoms with E-state index in [1.54, 1.807) is 11.0 Å². The van der Waals surface area contributed by atoms with Crippen molar-refractivity contribution in [2.24, 2.45) is 5.92 Å². The summed E-state index contributed by atoms with van der Waals surface area (Å²) in [6, 6.07) is 8.57. The first kappa shape index (κ1) is 28.2. The quantitative estimate of drug-likeness (QED) is 0.489. The molecule has 2 aliphatic rings. The van der Waals surface area contributed by atoms with Crippen LogP contribution in [0.3, 0.4) is 0 Å². The Morgan fingerprint density at radius 2 is 1.78 bits per heavy atom. The van der Waals surface area contributed by atoms with Gasteiger partial charge in [0.25, 0.3) is 0 Å². The highest BCUT2D eigenvalue weighted by atomic mass is 35.5. The first-order valence-electron chi connectivity index (χ1n) is 12.0. The molecule has 12 heteroatoms. The molecule has 2 heterocycles. The number of carbonyl (C=O) groups excluding carboxylic acids is 1. The molecule has 37 heavy (non-hydrogen) atoms. The van der Waals surface area contributed by atoms with Crippen LogP contribution in [-0.4, -0.2) is 48.3 Å². The molecule has 1 amide bonds. The van der Waals surface area contributed by atoms with E-state index in [1.165, 1.54) is 28.6 Å². The molecular formula is C25H28Cl2F3N3O3S. The summed E-state index contributed by atoms with van der Waals surface area (Å²) in [6.07, 6.45) is -3.20. The largest absolute Gasteiger partial charge is 0.416 e. The molecule has 202 valence electrons. The zero-order valence-electron chi connectivity index (χ0n) is 20.4. The van der Waals surface area contributed by atoms with E-state index in [9.17, 15) is 26.4 Å². The molecule has 2 fully saturated rings. The van der Waals surface area contributed by atoms with Gasteiger partial charge in [0.05, 0.1) is 32.2 Å². The zero-order valence-corrected chi connectivity index (χ0v) is 22.7. The number of sulfonamides is 1.